The van der Waals surface area contributed by atoms with Crippen LogP contribution in [0, 0.1) is 0 Å². The Morgan fingerprint density at radius 1 is 1.48 bits per heavy atom. The fraction of sp³-hybridized carbons (Fsp3) is 0.688. The van der Waals surface area contributed by atoms with E-state index >= 15 is 0 Å². The number of nitrogens with one attached hydrogen (secondary N) is 1. The minimum Gasteiger partial charge on any atom is -0.394 e. The highest BCUT2D eigenvalue weighted by Crippen LogP contribution is 2.22. The molecule has 0 radical (unpaired) electrons. The molecule has 1 aromatic heterocycles. The predicted molar refractivity (Wildman–Crippen MR) is 84.3 cm³/mol. The molecule has 0 bridgehead atoms. The molecular formula is C16H27N3O2. The molecule has 0 amide bonds. The van der Waals surface area contributed by atoms with Crippen LogP contribution in [-0.2, 0) is 11.3 Å². The van der Waals surface area contributed by atoms with Gasteiger partial charge in [-0.1, -0.05) is 13.0 Å². The summed E-state index contributed by atoms with van der Waals surface area (Å²) in [4.78, 5) is 6.76. The Balaban J connectivity index is 1.94. The van der Waals surface area contributed by atoms with Gasteiger partial charge in [-0.25, -0.2) is 4.98 Å². The number of aromatic nitrogens is 1. The van der Waals surface area contributed by atoms with Gasteiger partial charge in [0.1, 0.15) is 5.82 Å². The monoisotopic (exact) mass is 293 g/mol. The number of rotatable bonds is 6. The molecule has 0 aliphatic carbocycles. The molecule has 1 aromatic rings. The van der Waals surface area contributed by atoms with Crippen molar-refractivity contribution < 1.29 is 9.84 Å². The zero-order chi connectivity index (χ0) is 15.3. The third-order valence-corrected chi connectivity index (χ3v) is 3.54. The smallest absolute Gasteiger partial charge is 0.125 e. The van der Waals surface area contributed by atoms with Crippen LogP contribution in [0.4, 0.5) is 5.82 Å². The number of hydrogen-bond donors (Lipinski definition) is 2. The number of pyridine rings is 1. The zero-order valence-electron chi connectivity index (χ0n) is 13.3. The molecule has 21 heavy (non-hydrogen) atoms. The minimum absolute atomic E-state index is 0.0675. The molecule has 2 heterocycles. The number of ether oxygens (including phenoxy) is 1. The lowest BCUT2D eigenvalue weighted by Gasteiger charge is -2.42. The fourth-order valence-corrected chi connectivity index (χ4v) is 2.77. The van der Waals surface area contributed by atoms with Crippen LogP contribution in [0.1, 0.15) is 32.8 Å². The lowest BCUT2D eigenvalue weighted by Crippen LogP contribution is -2.53. The van der Waals surface area contributed by atoms with E-state index in [1.54, 1.807) is 0 Å². The van der Waals surface area contributed by atoms with Crippen LogP contribution in [0.5, 0.6) is 0 Å². The Bertz CT molecular complexity index is 434. The summed E-state index contributed by atoms with van der Waals surface area (Å²) in [5.74, 6) is 0.927. The molecule has 0 aromatic carbocycles. The van der Waals surface area contributed by atoms with Crippen LogP contribution >= 0.6 is 0 Å². The van der Waals surface area contributed by atoms with Crippen molar-refractivity contribution in [2.45, 2.75) is 45.4 Å². The van der Waals surface area contributed by atoms with E-state index in [1.165, 1.54) is 5.56 Å². The van der Waals surface area contributed by atoms with Crippen LogP contribution in [0.2, 0.25) is 0 Å². The lowest BCUT2D eigenvalue weighted by atomic mass is 10.0. The minimum atomic E-state index is -0.221. The summed E-state index contributed by atoms with van der Waals surface area (Å²) in [5.41, 5.74) is 0.966. The van der Waals surface area contributed by atoms with Crippen molar-refractivity contribution in [3.63, 3.8) is 0 Å². The van der Waals surface area contributed by atoms with Gasteiger partial charge in [0.2, 0.25) is 0 Å². The molecular weight excluding hydrogens is 266 g/mol. The SMILES string of the molecule is CCCNc1ccc(CN2CC(CO)OC(C)(C)C2)cn1. The summed E-state index contributed by atoms with van der Waals surface area (Å²) >= 11 is 0. The first-order chi connectivity index (χ1) is 10.0. The highest BCUT2D eigenvalue weighted by atomic mass is 16.5. The van der Waals surface area contributed by atoms with E-state index < -0.39 is 0 Å². The second kappa shape index (κ2) is 7.20. The number of aliphatic hydroxyl groups excluding tert-OH is 1. The molecule has 5 heteroatoms. The Hall–Kier alpha value is -1.17. The Labute approximate surface area is 127 Å². The normalized spacial score (nSPS) is 22.2. The summed E-state index contributed by atoms with van der Waals surface area (Å²) in [6.45, 7) is 9.74. The Morgan fingerprint density at radius 3 is 2.90 bits per heavy atom. The predicted octanol–water partition coefficient (Wildman–Crippen LogP) is 1.88. The Morgan fingerprint density at radius 2 is 2.29 bits per heavy atom. The van der Waals surface area contributed by atoms with Crippen molar-refractivity contribution in [3.05, 3.63) is 23.9 Å². The maximum absolute atomic E-state index is 9.35. The van der Waals surface area contributed by atoms with Crippen molar-refractivity contribution in [1.29, 1.82) is 0 Å². The molecule has 0 saturated carbocycles. The highest BCUT2D eigenvalue weighted by Gasteiger charge is 2.32. The molecule has 1 unspecified atom stereocenters. The third kappa shape index (κ3) is 4.95. The van der Waals surface area contributed by atoms with Crippen LogP contribution < -0.4 is 5.32 Å². The topological polar surface area (TPSA) is 57.6 Å². The van der Waals surface area contributed by atoms with Crippen molar-refractivity contribution in [1.82, 2.24) is 9.88 Å². The van der Waals surface area contributed by atoms with Gasteiger partial charge in [-0.2, -0.15) is 0 Å². The second-order valence-corrected chi connectivity index (χ2v) is 6.33. The number of nitrogens with zero attached hydrogens (tertiary/aromatic N) is 2. The molecule has 1 aliphatic rings. The van der Waals surface area contributed by atoms with Crippen LogP contribution in [0.15, 0.2) is 18.3 Å². The van der Waals surface area contributed by atoms with E-state index in [2.05, 4.69) is 42.0 Å². The summed E-state index contributed by atoms with van der Waals surface area (Å²) in [6, 6.07) is 4.14. The van der Waals surface area contributed by atoms with Gasteiger partial charge in [-0.15, -0.1) is 0 Å². The summed E-state index contributed by atoms with van der Waals surface area (Å²) in [6.07, 6.45) is 2.91. The lowest BCUT2D eigenvalue weighted by molar-refractivity contribution is -0.150. The van der Waals surface area contributed by atoms with Crippen LogP contribution in [-0.4, -0.2) is 52.9 Å². The van der Waals surface area contributed by atoms with Crippen molar-refractivity contribution >= 4 is 5.82 Å². The number of anilines is 1. The largest absolute Gasteiger partial charge is 0.394 e. The second-order valence-electron chi connectivity index (χ2n) is 6.33. The molecule has 0 spiro atoms. The quantitative estimate of drug-likeness (QED) is 0.838. The van der Waals surface area contributed by atoms with Gasteiger partial charge >= 0.3 is 0 Å². The Kier molecular flexibility index (Phi) is 5.56. The average molecular weight is 293 g/mol. The number of aliphatic hydroxyl groups is 1. The first-order valence-corrected chi connectivity index (χ1v) is 7.72. The van der Waals surface area contributed by atoms with E-state index in [0.29, 0.717) is 0 Å². The van der Waals surface area contributed by atoms with E-state index in [4.69, 9.17) is 4.74 Å². The van der Waals surface area contributed by atoms with E-state index in [-0.39, 0.29) is 18.3 Å². The maximum atomic E-state index is 9.35. The van der Waals surface area contributed by atoms with Gasteiger partial charge in [-0.05, 0) is 31.9 Å². The number of morpholine rings is 1. The zero-order valence-corrected chi connectivity index (χ0v) is 13.3. The van der Waals surface area contributed by atoms with Gasteiger partial charge in [0, 0.05) is 32.4 Å². The van der Waals surface area contributed by atoms with E-state index in [1.807, 2.05) is 12.3 Å². The summed E-state index contributed by atoms with van der Waals surface area (Å²) in [5, 5.41) is 12.6. The maximum Gasteiger partial charge on any atom is 0.125 e. The molecule has 1 aliphatic heterocycles. The molecule has 1 atom stereocenters. The van der Waals surface area contributed by atoms with Gasteiger partial charge < -0.3 is 15.2 Å². The first kappa shape index (κ1) is 16.2. The standard InChI is InChI=1S/C16H27N3O2/c1-4-7-17-15-6-5-13(8-18-15)9-19-10-14(11-20)21-16(2,3)12-19/h5-6,8,14,20H,4,7,9-12H2,1-3H3,(H,17,18). The van der Waals surface area contributed by atoms with E-state index in [0.717, 1.165) is 38.4 Å². The molecule has 118 valence electrons. The van der Waals surface area contributed by atoms with Gasteiger partial charge in [0.05, 0.1) is 18.3 Å². The van der Waals surface area contributed by atoms with Crippen LogP contribution in [0.25, 0.3) is 0 Å². The van der Waals surface area contributed by atoms with Gasteiger partial charge in [-0.3, -0.25) is 4.90 Å². The van der Waals surface area contributed by atoms with Crippen molar-refractivity contribution in [2.24, 2.45) is 0 Å². The molecule has 1 saturated heterocycles. The average Bonchev–Trinajstić information content (AvgIpc) is 2.45. The molecule has 2 N–H and O–H groups in total. The van der Waals surface area contributed by atoms with Gasteiger partial charge in [0.15, 0.2) is 0 Å². The summed E-state index contributed by atoms with van der Waals surface area (Å²) in [7, 11) is 0. The fourth-order valence-electron chi connectivity index (χ4n) is 2.77. The molecule has 5 nitrogen and oxygen atoms in total. The van der Waals surface area contributed by atoms with E-state index in [9.17, 15) is 5.11 Å². The van der Waals surface area contributed by atoms with Gasteiger partial charge in [0.25, 0.3) is 0 Å². The number of hydrogen-bond acceptors (Lipinski definition) is 5. The first-order valence-electron chi connectivity index (χ1n) is 7.72. The highest BCUT2D eigenvalue weighted by molar-refractivity contribution is 5.35. The molecule has 1 fully saturated rings. The third-order valence-electron chi connectivity index (χ3n) is 3.54. The summed E-state index contributed by atoms with van der Waals surface area (Å²) < 4.78 is 5.84. The van der Waals surface area contributed by atoms with Crippen LogP contribution in [0.3, 0.4) is 0 Å². The van der Waals surface area contributed by atoms with Crippen molar-refractivity contribution in [3.8, 4) is 0 Å². The molecule has 2 rings (SSSR count). The van der Waals surface area contributed by atoms with Crippen molar-refractivity contribution in [2.75, 3.05) is 31.6 Å².